The molecule has 4 rings (SSSR count). The fourth-order valence-electron chi connectivity index (χ4n) is 3.90. The molecule has 0 spiro atoms. The fourth-order valence-corrected chi connectivity index (χ4v) is 4.17. The van der Waals surface area contributed by atoms with E-state index in [2.05, 4.69) is 15.9 Å². The van der Waals surface area contributed by atoms with Crippen LogP contribution in [0.4, 0.5) is 0 Å². The molecule has 3 aliphatic rings. The predicted octanol–water partition coefficient (Wildman–Crippen LogP) is 2.70. The molecule has 1 amide bonds. The highest BCUT2D eigenvalue weighted by Crippen LogP contribution is 2.47. The highest BCUT2D eigenvalue weighted by atomic mass is 79.9. The zero-order valence-electron chi connectivity index (χ0n) is 10.6. The molecule has 100 valence electrons. The van der Waals surface area contributed by atoms with Gasteiger partial charge in [0.1, 0.15) is 0 Å². The molecule has 3 nitrogen and oxygen atoms in total. The van der Waals surface area contributed by atoms with Crippen molar-refractivity contribution < 1.29 is 9.53 Å². The molecule has 3 fully saturated rings. The van der Waals surface area contributed by atoms with E-state index >= 15 is 0 Å². The third-order valence-corrected chi connectivity index (χ3v) is 5.36. The number of carbonyl (C=O) groups is 1. The quantitative estimate of drug-likeness (QED) is 0.796. The van der Waals surface area contributed by atoms with Gasteiger partial charge in [0.15, 0.2) is 0 Å². The lowest BCUT2D eigenvalue weighted by atomic mass is 9.82. The Labute approximate surface area is 121 Å². The summed E-state index contributed by atoms with van der Waals surface area (Å²) in [5.74, 6) is 1.33. The SMILES string of the molecule is O=C(c1ccc(Br)cc1)N1CC2C3CCC(O3)C2C1. The van der Waals surface area contributed by atoms with Crippen molar-refractivity contribution in [3.8, 4) is 0 Å². The summed E-state index contributed by atoms with van der Waals surface area (Å²) >= 11 is 3.40. The molecule has 1 aromatic rings. The standard InChI is InChI=1S/C15H16BrNO2/c16-10-3-1-9(2-4-10)15(18)17-7-11-12(8-17)14-6-5-13(11)19-14/h1-4,11-14H,5-8H2. The number of rotatable bonds is 1. The third-order valence-electron chi connectivity index (χ3n) is 4.83. The largest absolute Gasteiger partial charge is 0.374 e. The average Bonchev–Trinajstić information content (AvgIpc) is 3.11. The highest BCUT2D eigenvalue weighted by Gasteiger charge is 2.53. The average molecular weight is 322 g/mol. The first-order valence-electron chi connectivity index (χ1n) is 6.92. The van der Waals surface area contributed by atoms with Crippen molar-refractivity contribution in [3.05, 3.63) is 34.3 Å². The second-order valence-corrected chi connectivity index (χ2v) is 6.75. The molecular formula is C15H16BrNO2. The second kappa shape index (κ2) is 4.32. The normalized spacial score (nSPS) is 35.7. The van der Waals surface area contributed by atoms with Crippen LogP contribution in [0, 0.1) is 11.8 Å². The van der Waals surface area contributed by atoms with Gasteiger partial charge in [-0.25, -0.2) is 0 Å². The van der Waals surface area contributed by atoms with Gasteiger partial charge in [0.2, 0.25) is 0 Å². The summed E-state index contributed by atoms with van der Waals surface area (Å²) in [5, 5.41) is 0. The second-order valence-electron chi connectivity index (χ2n) is 5.84. The van der Waals surface area contributed by atoms with E-state index < -0.39 is 0 Å². The Balaban J connectivity index is 1.52. The fraction of sp³-hybridized carbons (Fsp3) is 0.533. The molecule has 0 N–H and O–H groups in total. The van der Waals surface area contributed by atoms with Gasteiger partial charge in [0.05, 0.1) is 12.2 Å². The van der Waals surface area contributed by atoms with E-state index in [-0.39, 0.29) is 5.91 Å². The molecular weight excluding hydrogens is 306 g/mol. The van der Waals surface area contributed by atoms with Crippen LogP contribution in [-0.4, -0.2) is 36.1 Å². The van der Waals surface area contributed by atoms with Gasteiger partial charge in [-0.05, 0) is 37.1 Å². The number of likely N-dealkylation sites (tertiary alicyclic amines) is 1. The zero-order chi connectivity index (χ0) is 13.0. The molecule has 4 heteroatoms. The van der Waals surface area contributed by atoms with Crippen molar-refractivity contribution in [3.63, 3.8) is 0 Å². The van der Waals surface area contributed by atoms with Crippen LogP contribution in [-0.2, 0) is 4.74 Å². The summed E-state index contributed by atoms with van der Waals surface area (Å²) in [7, 11) is 0. The first-order chi connectivity index (χ1) is 9.22. The van der Waals surface area contributed by atoms with Gasteiger partial charge in [-0.3, -0.25) is 4.79 Å². The molecule has 4 unspecified atom stereocenters. The van der Waals surface area contributed by atoms with E-state index in [9.17, 15) is 4.79 Å². The summed E-state index contributed by atoms with van der Waals surface area (Å²) in [6, 6.07) is 7.64. The monoisotopic (exact) mass is 321 g/mol. The van der Waals surface area contributed by atoms with E-state index in [1.165, 1.54) is 12.8 Å². The Morgan fingerprint density at radius 1 is 1.11 bits per heavy atom. The molecule has 4 atom stereocenters. The maximum absolute atomic E-state index is 12.5. The Bertz CT molecular complexity index is 497. The van der Waals surface area contributed by atoms with Crippen LogP contribution in [0.15, 0.2) is 28.7 Å². The topological polar surface area (TPSA) is 29.5 Å². The smallest absolute Gasteiger partial charge is 0.253 e. The van der Waals surface area contributed by atoms with Gasteiger partial charge in [0.25, 0.3) is 5.91 Å². The summed E-state index contributed by atoms with van der Waals surface area (Å²) in [5.41, 5.74) is 0.788. The van der Waals surface area contributed by atoms with Crippen LogP contribution in [0.1, 0.15) is 23.2 Å². The van der Waals surface area contributed by atoms with Crippen LogP contribution in [0.25, 0.3) is 0 Å². The number of amides is 1. The minimum absolute atomic E-state index is 0.168. The lowest BCUT2D eigenvalue weighted by Gasteiger charge is -2.18. The van der Waals surface area contributed by atoms with Crippen molar-refractivity contribution in [1.29, 1.82) is 0 Å². The maximum atomic E-state index is 12.5. The van der Waals surface area contributed by atoms with Crippen molar-refractivity contribution in [2.45, 2.75) is 25.0 Å². The van der Waals surface area contributed by atoms with Crippen LogP contribution in [0.3, 0.4) is 0 Å². The van der Waals surface area contributed by atoms with Crippen molar-refractivity contribution in [2.24, 2.45) is 11.8 Å². The number of hydrogen-bond acceptors (Lipinski definition) is 2. The molecule has 3 saturated heterocycles. The van der Waals surface area contributed by atoms with E-state index in [0.717, 1.165) is 23.1 Å². The number of halogens is 1. The molecule has 0 radical (unpaired) electrons. The third kappa shape index (κ3) is 1.84. The van der Waals surface area contributed by atoms with Gasteiger partial charge in [0, 0.05) is 35.0 Å². The first-order valence-corrected chi connectivity index (χ1v) is 7.72. The van der Waals surface area contributed by atoms with Crippen LogP contribution in [0.5, 0.6) is 0 Å². The van der Waals surface area contributed by atoms with Crippen LogP contribution < -0.4 is 0 Å². The number of ether oxygens (including phenoxy) is 1. The van der Waals surface area contributed by atoms with E-state index in [4.69, 9.17) is 4.74 Å². The molecule has 3 aliphatic heterocycles. The Kier molecular flexibility index (Phi) is 2.71. The molecule has 19 heavy (non-hydrogen) atoms. The number of benzene rings is 1. The van der Waals surface area contributed by atoms with Gasteiger partial charge >= 0.3 is 0 Å². The Morgan fingerprint density at radius 3 is 2.26 bits per heavy atom. The maximum Gasteiger partial charge on any atom is 0.253 e. The molecule has 3 heterocycles. The van der Waals surface area contributed by atoms with Crippen molar-refractivity contribution in [1.82, 2.24) is 4.90 Å². The Morgan fingerprint density at radius 2 is 1.68 bits per heavy atom. The molecule has 0 aliphatic carbocycles. The Hall–Kier alpha value is -0.870. The molecule has 0 saturated carbocycles. The number of nitrogens with zero attached hydrogens (tertiary/aromatic N) is 1. The predicted molar refractivity (Wildman–Crippen MR) is 74.9 cm³/mol. The molecule has 2 bridgehead atoms. The van der Waals surface area contributed by atoms with Crippen molar-refractivity contribution >= 4 is 21.8 Å². The lowest BCUT2D eigenvalue weighted by molar-refractivity contribution is 0.0594. The van der Waals surface area contributed by atoms with E-state index in [1.807, 2.05) is 29.2 Å². The van der Waals surface area contributed by atoms with Gasteiger partial charge in [-0.15, -0.1) is 0 Å². The van der Waals surface area contributed by atoms with E-state index in [0.29, 0.717) is 24.0 Å². The zero-order valence-corrected chi connectivity index (χ0v) is 12.2. The highest BCUT2D eigenvalue weighted by molar-refractivity contribution is 9.10. The lowest BCUT2D eigenvalue weighted by Crippen LogP contribution is -2.31. The van der Waals surface area contributed by atoms with Crippen LogP contribution >= 0.6 is 15.9 Å². The molecule has 0 aromatic heterocycles. The summed E-state index contributed by atoms with van der Waals surface area (Å²) in [6.45, 7) is 1.75. The number of fused-ring (bicyclic) bond motifs is 5. The van der Waals surface area contributed by atoms with Crippen molar-refractivity contribution in [2.75, 3.05) is 13.1 Å². The van der Waals surface area contributed by atoms with Gasteiger partial charge in [-0.2, -0.15) is 0 Å². The summed E-state index contributed by atoms with van der Waals surface area (Å²) < 4.78 is 6.95. The minimum atomic E-state index is 0.168. The number of carbonyl (C=O) groups excluding carboxylic acids is 1. The first kappa shape index (κ1) is 11.9. The van der Waals surface area contributed by atoms with Crippen LogP contribution in [0.2, 0.25) is 0 Å². The minimum Gasteiger partial charge on any atom is -0.374 e. The summed E-state index contributed by atoms with van der Waals surface area (Å²) in [4.78, 5) is 14.5. The van der Waals surface area contributed by atoms with E-state index in [1.54, 1.807) is 0 Å². The molecule has 1 aromatic carbocycles. The van der Waals surface area contributed by atoms with Gasteiger partial charge in [-0.1, -0.05) is 15.9 Å². The number of hydrogen-bond donors (Lipinski definition) is 0. The van der Waals surface area contributed by atoms with Gasteiger partial charge < -0.3 is 9.64 Å². The summed E-state index contributed by atoms with van der Waals surface area (Å²) in [6.07, 6.45) is 3.20.